The first-order chi connectivity index (χ1) is 14.6. The normalized spacial score (nSPS) is 31.3. The molecule has 0 bridgehead atoms. The molecule has 30 heavy (non-hydrogen) atoms. The van der Waals surface area contributed by atoms with E-state index in [4.69, 9.17) is 0 Å². The Morgan fingerprint density at radius 3 is 2.37 bits per heavy atom. The smallest absolute Gasteiger partial charge is 0.0749 e. The van der Waals surface area contributed by atoms with Crippen molar-refractivity contribution >= 4 is 0 Å². The number of rotatable bonds is 10. The summed E-state index contributed by atoms with van der Waals surface area (Å²) in [6, 6.07) is 0. The minimum absolute atomic E-state index is 0.200. The number of aliphatic hydroxyl groups excluding tert-OH is 2. The molecule has 0 spiro atoms. The topological polar surface area (TPSA) is 52.5 Å². The molecule has 3 fully saturated rings. The average molecular weight is 420 g/mol. The van der Waals surface area contributed by atoms with Gasteiger partial charge in [0.2, 0.25) is 0 Å². The molecule has 0 saturated heterocycles. The molecule has 3 saturated carbocycles. The summed E-state index contributed by atoms with van der Waals surface area (Å²) >= 11 is 0. The van der Waals surface area contributed by atoms with Crippen LogP contribution in [0.25, 0.3) is 0 Å². The highest BCUT2D eigenvalue weighted by atomic mass is 16.3. The monoisotopic (exact) mass is 419 g/mol. The summed E-state index contributed by atoms with van der Waals surface area (Å²) < 4.78 is 0. The molecule has 3 aliphatic carbocycles. The number of nitrogens with one attached hydrogen (secondary N) is 1. The minimum Gasteiger partial charge on any atom is -0.392 e. The van der Waals surface area contributed by atoms with Crippen LogP contribution in [0.5, 0.6) is 0 Å². The zero-order chi connectivity index (χ0) is 21.8. The molecule has 0 unspecified atom stereocenters. The van der Waals surface area contributed by atoms with E-state index in [9.17, 15) is 10.2 Å². The van der Waals surface area contributed by atoms with Gasteiger partial charge in [-0.05, 0) is 82.2 Å². The fraction of sp³-hybridized carbons (Fsp3) is 0.852. The Balaban J connectivity index is 0.000000396. The SMILES string of the molecule is CCCCC=C1C[C@H]2C[C@@H](O)[C@H](C=C[C@@H](O)C3CCCC3)[C@H]2C1.CCCNCCC. The highest BCUT2D eigenvalue weighted by Gasteiger charge is 2.45. The van der Waals surface area contributed by atoms with Crippen molar-refractivity contribution in [2.45, 2.75) is 110 Å². The second kappa shape index (κ2) is 14.4. The largest absolute Gasteiger partial charge is 0.392 e. The van der Waals surface area contributed by atoms with Crippen molar-refractivity contribution in [1.82, 2.24) is 5.32 Å². The van der Waals surface area contributed by atoms with Gasteiger partial charge in [0.05, 0.1) is 12.2 Å². The van der Waals surface area contributed by atoms with E-state index >= 15 is 0 Å². The molecular weight excluding hydrogens is 370 g/mol. The van der Waals surface area contributed by atoms with E-state index in [-0.39, 0.29) is 18.1 Å². The maximum absolute atomic E-state index is 10.4. The number of hydrogen-bond acceptors (Lipinski definition) is 3. The lowest BCUT2D eigenvalue weighted by atomic mass is 9.89. The maximum atomic E-state index is 10.4. The summed E-state index contributed by atoms with van der Waals surface area (Å²) in [5.74, 6) is 1.97. The van der Waals surface area contributed by atoms with Gasteiger partial charge in [-0.1, -0.05) is 70.3 Å². The summed E-state index contributed by atoms with van der Waals surface area (Å²) in [5.41, 5.74) is 1.62. The van der Waals surface area contributed by atoms with E-state index in [1.165, 1.54) is 70.9 Å². The van der Waals surface area contributed by atoms with Crippen molar-refractivity contribution in [2.75, 3.05) is 13.1 Å². The van der Waals surface area contributed by atoms with Gasteiger partial charge in [-0.3, -0.25) is 0 Å². The van der Waals surface area contributed by atoms with Gasteiger partial charge in [0.15, 0.2) is 0 Å². The van der Waals surface area contributed by atoms with Crippen molar-refractivity contribution in [3.05, 3.63) is 23.8 Å². The van der Waals surface area contributed by atoms with Gasteiger partial charge in [0.1, 0.15) is 0 Å². The third-order valence-corrected chi connectivity index (χ3v) is 7.37. The molecule has 0 amide bonds. The van der Waals surface area contributed by atoms with Crippen LogP contribution in [-0.4, -0.2) is 35.5 Å². The zero-order valence-electron chi connectivity index (χ0n) is 20.0. The maximum Gasteiger partial charge on any atom is 0.0749 e. The van der Waals surface area contributed by atoms with E-state index in [0.29, 0.717) is 17.8 Å². The summed E-state index contributed by atoms with van der Waals surface area (Å²) in [5, 5.41) is 24.1. The predicted octanol–water partition coefficient (Wildman–Crippen LogP) is 6.01. The van der Waals surface area contributed by atoms with Crippen molar-refractivity contribution in [1.29, 1.82) is 0 Å². The lowest BCUT2D eigenvalue weighted by Crippen LogP contribution is -2.19. The van der Waals surface area contributed by atoms with E-state index in [2.05, 4.69) is 38.2 Å². The van der Waals surface area contributed by atoms with Crippen molar-refractivity contribution in [2.24, 2.45) is 23.7 Å². The third kappa shape index (κ3) is 8.13. The van der Waals surface area contributed by atoms with Crippen LogP contribution in [0, 0.1) is 23.7 Å². The first kappa shape index (κ1) is 25.6. The number of fused-ring (bicyclic) bond motifs is 1. The molecule has 0 heterocycles. The molecule has 3 nitrogen and oxygen atoms in total. The first-order valence-electron chi connectivity index (χ1n) is 13.0. The molecule has 0 aromatic rings. The van der Waals surface area contributed by atoms with Crippen LogP contribution in [0.2, 0.25) is 0 Å². The minimum atomic E-state index is -0.301. The Hall–Kier alpha value is -0.640. The zero-order valence-corrected chi connectivity index (χ0v) is 20.0. The van der Waals surface area contributed by atoms with Gasteiger partial charge in [-0.15, -0.1) is 0 Å². The van der Waals surface area contributed by atoms with Crippen LogP contribution in [0.15, 0.2) is 23.8 Å². The van der Waals surface area contributed by atoms with Gasteiger partial charge in [-0.2, -0.15) is 0 Å². The summed E-state index contributed by atoms with van der Waals surface area (Å²) in [6.07, 6.45) is 20.6. The van der Waals surface area contributed by atoms with Gasteiger partial charge >= 0.3 is 0 Å². The van der Waals surface area contributed by atoms with E-state index in [1.54, 1.807) is 5.57 Å². The molecule has 3 rings (SSSR count). The van der Waals surface area contributed by atoms with Crippen molar-refractivity contribution in [3.63, 3.8) is 0 Å². The molecule has 174 valence electrons. The van der Waals surface area contributed by atoms with Crippen LogP contribution in [0.1, 0.15) is 97.8 Å². The molecule has 0 aromatic heterocycles. The first-order valence-corrected chi connectivity index (χ1v) is 13.0. The summed E-state index contributed by atoms with van der Waals surface area (Å²) in [4.78, 5) is 0. The Morgan fingerprint density at radius 2 is 1.73 bits per heavy atom. The molecule has 3 aliphatic rings. The molecule has 5 atom stereocenters. The Kier molecular flexibility index (Phi) is 12.3. The highest BCUT2D eigenvalue weighted by molar-refractivity contribution is 5.18. The van der Waals surface area contributed by atoms with Gasteiger partial charge < -0.3 is 15.5 Å². The number of hydrogen-bond donors (Lipinski definition) is 3. The van der Waals surface area contributed by atoms with Gasteiger partial charge in [0.25, 0.3) is 0 Å². The number of allylic oxidation sites excluding steroid dienone is 2. The highest BCUT2D eigenvalue weighted by Crippen LogP contribution is 2.50. The molecule has 0 aliphatic heterocycles. The number of aliphatic hydroxyl groups is 2. The van der Waals surface area contributed by atoms with Crippen LogP contribution in [-0.2, 0) is 0 Å². The lowest BCUT2D eigenvalue weighted by Gasteiger charge is -2.19. The average Bonchev–Trinajstić information content (AvgIpc) is 3.45. The third-order valence-electron chi connectivity index (χ3n) is 7.37. The Morgan fingerprint density at radius 1 is 1.03 bits per heavy atom. The molecule has 3 N–H and O–H groups in total. The second-order valence-electron chi connectivity index (χ2n) is 9.89. The van der Waals surface area contributed by atoms with Crippen molar-refractivity contribution < 1.29 is 10.2 Å². The van der Waals surface area contributed by atoms with E-state index < -0.39 is 0 Å². The van der Waals surface area contributed by atoms with Crippen LogP contribution in [0.3, 0.4) is 0 Å². The Bertz CT molecular complexity index is 505. The Labute approximate surface area is 186 Å². The predicted molar refractivity (Wildman–Crippen MR) is 128 cm³/mol. The molecular formula is C27H49NO2. The van der Waals surface area contributed by atoms with Gasteiger partial charge in [0, 0.05) is 5.92 Å². The quantitative estimate of drug-likeness (QED) is 0.300. The fourth-order valence-electron chi connectivity index (χ4n) is 5.63. The van der Waals surface area contributed by atoms with E-state index in [0.717, 1.165) is 19.3 Å². The lowest BCUT2D eigenvalue weighted by molar-refractivity contribution is 0.135. The van der Waals surface area contributed by atoms with E-state index in [1.807, 2.05) is 6.08 Å². The van der Waals surface area contributed by atoms with Crippen LogP contribution in [0.4, 0.5) is 0 Å². The van der Waals surface area contributed by atoms with Crippen LogP contribution >= 0.6 is 0 Å². The van der Waals surface area contributed by atoms with Gasteiger partial charge in [-0.25, -0.2) is 0 Å². The summed E-state index contributed by atoms with van der Waals surface area (Å²) in [7, 11) is 0. The molecule has 0 radical (unpaired) electrons. The molecule has 0 aromatic carbocycles. The van der Waals surface area contributed by atoms with Crippen LogP contribution < -0.4 is 5.32 Å². The molecule has 3 heteroatoms. The number of unbranched alkanes of at least 4 members (excludes halogenated alkanes) is 2. The summed E-state index contributed by atoms with van der Waals surface area (Å²) in [6.45, 7) is 8.96. The standard InChI is InChI=1S/C21H34O2.C6H15N/c1-2-3-4-7-15-12-17-14-21(23)18(19(17)13-15)10-11-20(22)16-8-5-6-9-16;1-3-5-7-6-4-2/h7,10-11,16-23H,2-6,8-9,12-14H2,1H3;7H,3-6H2,1-2H3/t17-,18+,19-,20+,21+;/m0./s1. The van der Waals surface area contributed by atoms with Crippen molar-refractivity contribution in [3.8, 4) is 0 Å². The fourth-order valence-corrected chi connectivity index (χ4v) is 5.63. The second-order valence-corrected chi connectivity index (χ2v) is 9.89.